The molecule has 0 amide bonds. The summed E-state index contributed by atoms with van der Waals surface area (Å²) in [6.07, 6.45) is 4.11. The van der Waals surface area contributed by atoms with Gasteiger partial charge in [-0.1, -0.05) is 6.08 Å². The van der Waals surface area contributed by atoms with E-state index in [1.165, 1.54) is 0 Å². The summed E-state index contributed by atoms with van der Waals surface area (Å²) in [5.41, 5.74) is 1.13. The van der Waals surface area contributed by atoms with E-state index in [-0.39, 0.29) is 0 Å². The van der Waals surface area contributed by atoms with Crippen molar-refractivity contribution < 1.29 is 0 Å². The maximum absolute atomic E-state index is 4.31. The third kappa shape index (κ3) is 2.16. The number of nitrogens with one attached hydrogen (secondary N) is 1. The Hall–Kier alpha value is -0.670. The Labute approximate surface area is 74.2 Å². The average Bonchev–Trinajstić information content (AvgIpc) is 2.47. The Balaban J connectivity index is 2.56. The number of nitrogens with zero attached hydrogens (tertiary/aromatic N) is 2. The van der Waals surface area contributed by atoms with Gasteiger partial charge in [-0.05, 0) is 20.9 Å². The molecule has 0 aliphatic carbocycles. The summed E-state index contributed by atoms with van der Waals surface area (Å²) in [7, 11) is 2.11. The van der Waals surface area contributed by atoms with Crippen molar-refractivity contribution in [2.45, 2.75) is 20.0 Å². The largest absolute Gasteiger partial charge is 0.296 e. The molecule has 0 bridgehead atoms. The molecule has 0 aromatic carbocycles. The van der Waals surface area contributed by atoms with Gasteiger partial charge in [-0.2, -0.15) is 0 Å². The van der Waals surface area contributed by atoms with Crippen LogP contribution in [0.3, 0.4) is 0 Å². The van der Waals surface area contributed by atoms with Crippen molar-refractivity contribution in [2.75, 3.05) is 20.1 Å². The van der Waals surface area contributed by atoms with E-state index < -0.39 is 0 Å². The van der Waals surface area contributed by atoms with Gasteiger partial charge in [-0.15, -0.1) is 0 Å². The van der Waals surface area contributed by atoms with Gasteiger partial charge in [-0.3, -0.25) is 15.2 Å². The van der Waals surface area contributed by atoms with E-state index >= 15 is 0 Å². The first kappa shape index (κ1) is 9.42. The second-order valence-electron chi connectivity index (χ2n) is 3.09. The number of aliphatic imine (C=N–C) groups is 1. The number of hydrogen-bond donors (Lipinski definition) is 1. The van der Waals surface area contributed by atoms with E-state index in [2.05, 4.69) is 29.2 Å². The zero-order valence-corrected chi connectivity index (χ0v) is 8.04. The molecule has 0 aromatic rings. The minimum Gasteiger partial charge on any atom is -0.296 e. The molecule has 68 valence electrons. The van der Waals surface area contributed by atoms with Crippen LogP contribution in [0, 0.1) is 0 Å². The van der Waals surface area contributed by atoms with Crippen LogP contribution in [0.25, 0.3) is 0 Å². The second-order valence-corrected chi connectivity index (χ2v) is 3.09. The first-order valence-electron chi connectivity index (χ1n) is 4.35. The average molecular weight is 167 g/mol. The van der Waals surface area contributed by atoms with Crippen molar-refractivity contribution in [1.29, 1.82) is 0 Å². The van der Waals surface area contributed by atoms with Crippen molar-refractivity contribution in [2.24, 2.45) is 4.99 Å². The third-order valence-electron chi connectivity index (χ3n) is 2.07. The Morgan fingerprint density at radius 2 is 2.42 bits per heavy atom. The molecule has 1 N–H and O–H groups in total. The van der Waals surface area contributed by atoms with E-state index in [0.29, 0.717) is 6.17 Å². The summed E-state index contributed by atoms with van der Waals surface area (Å²) >= 11 is 0. The fourth-order valence-electron chi connectivity index (χ4n) is 1.39. The van der Waals surface area contributed by atoms with Gasteiger partial charge >= 0.3 is 0 Å². The zero-order valence-electron chi connectivity index (χ0n) is 8.04. The van der Waals surface area contributed by atoms with Crippen LogP contribution in [-0.4, -0.2) is 36.9 Å². The van der Waals surface area contributed by atoms with E-state index in [9.17, 15) is 0 Å². The molecule has 12 heavy (non-hydrogen) atoms. The summed E-state index contributed by atoms with van der Waals surface area (Å²) in [4.78, 5) is 6.57. The van der Waals surface area contributed by atoms with Crippen LogP contribution >= 0.6 is 0 Å². The Morgan fingerprint density at radius 1 is 1.67 bits per heavy atom. The summed E-state index contributed by atoms with van der Waals surface area (Å²) in [5.74, 6) is 0. The number of allylic oxidation sites excluding steroid dienone is 1. The van der Waals surface area contributed by atoms with E-state index in [4.69, 9.17) is 0 Å². The molecule has 0 radical (unpaired) electrons. The lowest BCUT2D eigenvalue weighted by Gasteiger charge is -2.18. The van der Waals surface area contributed by atoms with Crippen molar-refractivity contribution in [3.05, 3.63) is 12.3 Å². The quantitative estimate of drug-likeness (QED) is 0.617. The van der Waals surface area contributed by atoms with Crippen LogP contribution in [0.2, 0.25) is 0 Å². The molecule has 3 nitrogen and oxygen atoms in total. The number of likely N-dealkylation sites (N-methyl/N-ethyl adjacent to an activating group) is 1. The fourth-order valence-corrected chi connectivity index (χ4v) is 1.39. The second kappa shape index (κ2) is 4.38. The van der Waals surface area contributed by atoms with Crippen molar-refractivity contribution in [1.82, 2.24) is 10.2 Å². The molecule has 1 aliphatic rings. The van der Waals surface area contributed by atoms with Gasteiger partial charge in [0.05, 0.1) is 6.17 Å². The van der Waals surface area contributed by atoms with Gasteiger partial charge in [0.25, 0.3) is 0 Å². The van der Waals surface area contributed by atoms with Crippen LogP contribution in [0.15, 0.2) is 17.3 Å². The molecule has 0 saturated carbocycles. The maximum Gasteiger partial charge on any atom is 0.0991 e. The molecule has 1 aliphatic heterocycles. The Morgan fingerprint density at radius 3 is 2.92 bits per heavy atom. The van der Waals surface area contributed by atoms with Crippen molar-refractivity contribution >= 4 is 5.71 Å². The summed E-state index contributed by atoms with van der Waals surface area (Å²) in [5, 5.41) is 3.38. The van der Waals surface area contributed by atoms with Crippen LogP contribution in [0.4, 0.5) is 0 Å². The topological polar surface area (TPSA) is 27.6 Å². The number of hydrogen-bond acceptors (Lipinski definition) is 3. The number of rotatable bonds is 2. The molecule has 0 aromatic heterocycles. The van der Waals surface area contributed by atoms with Gasteiger partial charge in [0.2, 0.25) is 0 Å². The zero-order chi connectivity index (χ0) is 8.97. The summed E-state index contributed by atoms with van der Waals surface area (Å²) in [6.45, 7) is 6.19. The summed E-state index contributed by atoms with van der Waals surface area (Å²) < 4.78 is 0. The van der Waals surface area contributed by atoms with E-state index in [1.54, 1.807) is 0 Å². The molecular formula is C9H17N3. The van der Waals surface area contributed by atoms with Crippen LogP contribution in [-0.2, 0) is 0 Å². The Kier molecular flexibility index (Phi) is 3.44. The molecule has 3 heteroatoms. The molecule has 1 heterocycles. The molecule has 0 spiro atoms. The highest BCUT2D eigenvalue weighted by Gasteiger charge is 2.21. The highest BCUT2D eigenvalue weighted by molar-refractivity contribution is 5.87. The molecule has 1 fully saturated rings. The van der Waals surface area contributed by atoms with Gasteiger partial charge in [-0.25, -0.2) is 0 Å². The first-order chi connectivity index (χ1) is 5.75. The highest BCUT2D eigenvalue weighted by atomic mass is 15.3. The predicted molar refractivity (Wildman–Crippen MR) is 52.3 cm³/mol. The standard InChI is InChI=1S/C9H17N3/c1-4-5-10-8(2)9-11-6-7-12(9)3/h4-5,9,11H,6-7H2,1-3H3/b5-4-,10-8?. The van der Waals surface area contributed by atoms with Crippen LogP contribution in [0.1, 0.15) is 13.8 Å². The maximum atomic E-state index is 4.31. The SMILES string of the molecule is C/C=C\N=C(C)C1NCCN1C. The smallest absolute Gasteiger partial charge is 0.0991 e. The minimum atomic E-state index is 0.334. The fraction of sp³-hybridized carbons (Fsp3) is 0.667. The van der Waals surface area contributed by atoms with Gasteiger partial charge in [0.15, 0.2) is 0 Å². The van der Waals surface area contributed by atoms with E-state index in [0.717, 1.165) is 18.8 Å². The molecule has 1 atom stereocenters. The normalized spacial score (nSPS) is 27.2. The highest BCUT2D eigenvalue weighted by Crippen LogP contribution is 2.01. The van der Waals surface area contributed by atoms with Gasteiger partial charge in [0, 0.05) is 25.0 Å². The van der Waals surface area contributed by atoms with Crippen LogP contribution in [0.5, 0.6) is 0 Å². The van der Waals surface area contributed by atoms with Crippen molar-refractivity contribution in [3.63, 3.8) is 0 Å². The monoisotopic (exact) mass is 167 g/mol. The molecule has 1 unspecified atom stereocenters. The Bertz CT molecular complexity index is 196. The van der Waals surface area contributed by atoms with Crippen molar-refractivity contribution in [3.8, 4) is 0 Å². The predicted octanol–water partition coefficient (Wildman–Crippen LogP) is 0.842. The van der Waals surface area contributed by atoms with Crippen LogP contribution < -0.4 is 5.32 Å². The molecule has 1 saturated heterocycles. The lowest BCUT2D eigenvalue weighted by Crippen LogP contribution is -2.39. The minimum absolute atomic E-state index is 0.334. The first-order valence-corrected chi connectivity index (χ1v) is 4.35. The third-order valence-corrected chi connectivity index (χ3v) is 2.07. The lowest BCUT2D eigenvalue weighted by atomic mass is 10.3. The van der Waals surface area contributed by atoms with Gasteiger partial charge < -0.3 is 0 Å². The van der Waals surface area contributed by atoms with Gasteiger partial charge in [0.1, 0.15) is 0 Å². The molecular weight excluding hydrogens is 150 g/mol. The molecule has 1 rings (SSSR count). The van der Waals surface area contributed by atoms with E-state index in [1.807, 2.05) is 19.2 Å². The summed E-state index contributed by atoms with van der Waals surface area (Å²) in [6, 6.07) is 0. The lowest BCUT2D eigenvalue weighted by molar-refractivity contribution is 0.361.